The molecule has 2 aliphatic rings. The molecule has 1 unspecified atom stereocenters. The number of aromatic nitrogens is 3. The fourth-order valence-electron chi connectivity index (χ4n) is 4.01. The van der Waals surface area contributed by atoms with Crippen molar-refractivity contribution in [3.05, 3.63) is 11.9 Å². The van der Waals surface area contributed by atoms with Crippen LogP contribution in [0, 0.1) is 5.92 Å². The number of carbonyl (C=O) groups is 1. The van der Waals surface area contributed by atoms with Crippen LogP contribution in [-0.2, 0) is 0 Å². The second-order valence-corrected chi connectivity index (χ2v) is 7.70. The van der Waals surface area contributed by atoms with Crippen molar-refractivity contribution in [3.8, 4) is 0 Å². The van der Waals surface area contributed by atoms with E-state index in [0.717, 1.165) is 51.7 Å². The largest absolute Gasteiger partial charge is 0.334 e. The molecular formula is C18H31N5O. The first kappa shape index (κ1) is 17.4. The molecule has 0 radical (unpaired) electrons. The van der Waals surface area contributed by atoms with Crippen LogP contribution in [0.3, 0.4) is 0 Å². The molecule has 1 amide bonds. The lowest BCUT2D eigenvalue weighted by atomic mass is 9.98. The zero-order valence-corrected chi connectivity index (χ0v) is 15.1. The van der Waals surface area contributed by atoms with Gasteiger partial charge in [-0.3, -0.25) is 4.79 Å². The summed E-state index contributed by atoms with van der Waals surface area (Å²) in [5.74, 6) is 0.677. The summed E-state index contributed by atoms with van der Waals surface area (Å²) in [7, 11) is 0. The summed E-state index contributed by atoms with van der Waals surface area (Å²) < 4.78 is 1.91. The minimum atomic E-state index is 0.0720. The average molecular weight is 333 g/mol. The zero-order chi connectivity index (χ0) is 16.9. The third-order valence-corrected chi connectivity index (χ3v) is 5.29. The quantitative estimate of drug-likeness (QED) is 0.920. The summed E-state index contributed by atoms with van der Waals surface area (Å²) in [6, 6.07) is 0.722. The highest BCUT2D eigenvalue weighted by atomic mass is 16.2. The van der Waals surface area contributed by atoms with Crippen molar-refractivity contribution >= 4 is 5.91 Å². The SMILES string of the molecule is CC(C)CC1CCCCCN1C(=O)c1cn(C2CCNCC2)nn1. The highest BCUT2D eigenvalue weighted by molar-refractivity contribution is 5.92. The Hall–Kier alpha value is -1.43. The number of nitrogens with one attached hydrogen (secondary N) is 1. The van der Waals surface area contributed by atoms with Crippen molar-refractivity contribution in [2.45, 2.75) is 70.9 Å². The molecule has 0 bridgehead atoms. The van der Waals surface area contributed by atoms with Gasteiger partial charge in [0, 0.05) is 12.6 Å². The lowest BCUT2D eigenvalue weighted by Gasteiger charge is -2.30. The summed E-state index contributed by atoms with van der Waals surface area (Å²) in [6.07, 6.45) is 9.72. The lowest BCUT2D eigenvalue weighted by Crippen LogP contribution is -2.41. The van der Waals surface area contributed by atoms with Crippen LogP contribution in [0.2, 0.25) is 0 Å². The van der Waals surface area contributed by atoms with Crippen LogP contribution in [0.5, 0.6) is 0 Å². The first-order valence-electron chi connectivity index (χ1n) is 9.58. The summed E-state index contributed by atoms with van der Waals surface area (Å²) in [5.41, 5.74) is 0.518. The monoisotopic (exact) mass is 333 g/mol. The molecule has 2 aliphatic heterocycles. The topological polar surface area (TPSA) is 63.1 Å². The van der Waals surface area contributed by atoms with E-state index < -0.39 is 0 Å². The van der Waals surface area contributed by atoms with Crippen LogP contribution in [0.1, 0.15) is 75.3 Å². The Morgan fingerprint density at radius 3 is 2.79 bits per heavy atom. The van der Waals surface area contributed by atoms with Gasteiger partial charge in [0.15, 0.2) is 5.69 Å². The van der Waals surface area contributed by atoms with Gasteiger partial charge in [0.1, 0.15) is 0 Å². The number of amides is 1. The smallest absolute Gasteiger partial charge is 0.276 e. The minimum Gasteiger partial charge on any atom is -0.334 e. The van der Waals surface area contributed by atoms with Gasteiger partial charge < -0.3 is 10.2 Å². The summed E-state index contributed by atoms with van der Waals surface area (Å²) in [5, 5.41) is 11.8. The molecule has 0 aliphatic carbocycles. The van der Waals surface area contributed by atoms with E-state index in [9.17, 15) is 4.79 Å². The fraction of sp³-hybridized carbons (Fsp3) is 0.833. The Morgan fingerprint density at radius 2 is 2.04 bits per heavy atom. The number of hydrogen-bond acceptors (Lipinski definition) is 4. The van der Waals surface area contributed by atoms with Crippen molar-refractivity contribution in [1.82, 2.24) is 25.2 Å². The molecule has 1 atom stereocenters. The van der Waals surface area contributed by atoms with Gasteiger partial charge in [-0.05, 0) is 51.1 Å². The van der Waals surface area contributed by atoms with Crippen LogP contribution in [0.15, 0.2) is 6.20 Å². The molecule has 6 nitrogen and oxygen atoms in total. The highest BCUT2D eigenvalue weighted by Gasteiger charge is 2.29. The molecule has 24 heavy (non-hydrogen) atoms. The standard InChI is InChI=1S/C18H31N5O/c1-14(2)12-16-6-4-3-5-11-22(16)18(24)17-13-23(21-20-17)15-7-9-19-10-8-15/h13-16,19H,3-12H2,1-2H3. The molecule has 2 fully saturated rings. The molecule has 1 aromatic heterocycles. The first-order chi connectivity index (χ1) is 11.6. The van der Waals surface area contributed by atoms with Gasteiger partial charge in [-0.25, -0.2) is 4.68 Å². The number of piperidine rings is 1. The van der Waals surface area contributed by atoms with Gasteiger partial charge in [0.25, 0.3) is 5.91 Å². The molecule has 0 spiro atoms. The Bertz CT molecular complexity index is 535. The van der Waals surface area contributed by atoms with Crippen molar-refractivity contribution in [1.29, 1.82) is 0 Å². The Labute approximate surface area is 145 Å². The van der Waals surface area contributed by atoms with Gasteiger partial charge in [0.2, 0.25) is 0 Å². The third-order valence-electron chi connectivity index (χ3n) is 5.29. The predicted molar refractivity (Wildman–Crippen MR) is 93.9 cm³/mol. The van der Waals surface area contributed by atoms with Crippen LogP contribution < -0.4 is 5.32 Å². The van der Waals surface area contributed by atoms with Crippen molar-refractivity contribution in [3.63, 3.8) is 0 Å². The summed E-state index contributed by atoms with van der Waals surface area (Å²) >= 11 is 0. The predicted octanol–water partition coefficient (Wildman–Crippen LogP) is 2.63. The molecule has 3 heterocycles. The molecule has 1 aromatic rings. The van der Waals surface area contributed by atoms with Gasteiger partial charge in [-0.15, -0.1) is 5.10 Å². The van der Waals surface area contributed by atoms with Gasteiger partial charge >= 0.3 is 0 Å². The van der Waals surface area contributed by atoms with E-state index in [4.69, 9.17) is 0 Å². The fourth-order valence-corrected chi connectivity index (χ4v) is 4.01. The van der Waals surface area contributed by atoms with E-state index in [0.29, 0.717) is 23.7 Å². The van der Waals surface area contributed by atoms with Crippen LogP contribution >= 0.6 is 0 Å². The van der Waals surface area contributed by atoms with E-state index in [1.165, 1.54) is 12.8 Å². The van der Waals surface area contributed by atoms with Crippen LogP contribution in [0.25, 0.3) is 0 Å². The molecule has 1 N–H and O–H groups in total. The number of rotatable bonds is 4. The summed E-state index contributed by atoms with van der Waals surface area (Å²) in [4.78, 5) is 15.1. The van der Waals surface area contributed by atoms with Gasteiger partial charge in [0.05, 0.1) is 12.2 Å². The van der Waals surface area contributed by atoms with Crippen molar-refractivity contribution in [2.24, 2.45) is 5.92 Å². The first-order valence-corrected chi connectivity index (χ1v) is 9.58. The van der Waals surface area contributed by atoms with E-state index in [1.54, 1.807) is 0 Å². The number of carbonyl (C=O) groups excluding carboxylic acids is 1. The minimum absolute atomic E-state index is 0.0720. The van der Waals surface area contributed by atoms with E-state index in [-0.39, 0.29) is 5.91 Å². The lowest BCUT2D eigenvalue weighted by molar-refractivity contribution is 0.0655. The molecule has 0 aromatic carbocycles. The second-order valence-electron chi connectivity index (χ2n) is 7.70. The Morgan fingerprint density at radius 1 is 1.25 bits per heavy atom. The molecule has 3 rings (SSSR count). The van der Waals surface area contributed by atoms with Gasteiger partial charge in [-0.1, -0.05) is 31.9 Å². The zero-order valence-electron chi connectivity index (χ0n) is 15.1. The maximum Gasteiger partial charge on any atom is 0.276 e. The molecule has 6 heteroatoms. The molecule has 0 saturated carbocycles. The third kappa shape index (κ3) is 4.15. The van der Waals surface area contributed by atoms with Crippen LogP contribution in [-0.4, -0.2) is 51.5 Å². The Kier molecular flexibility index (Phi) is 5.87. The normalized spacial score (nSPS) is 23.5. The maximum absolute atomic E-state index is 13.0. The number of nitrogens with zero attached hydrogens (tertiary/aromatic N) is 4. The number of hydrogen-bond donors (Lipinski definition) is 1. The van der Waals surface area contributed by atoms with E-state index in [1.807, 2.05) is 10.9 Å². The number of likely N-dealkylation sites (tertiary alicyclic amines) is 1. The maximum atomic E-state index is 13.0. The molecule has 134 valence electrons. The van der Waals surface area contributed by atoms with E-state index >= 15 is 0 Å². The second kappa shape index (κ2) is 8.10. The highest BCUT2D eigenvalue weighted by Crippen LogP contribution is 2.24. The Balaban J connectivity index is 1.72. The molecule has 2 saturated heterocycles. The van der Waals surface area contributed by atoms with Gasteiger partial charge in [-0.2, -0.15) is 0 Å². The molecular weight excluding hydrogens is 302 g/mol. The van der Waals surface area contributed by atoms with Crippen molar-refractivity contribution < 1.29 is 4.79 Å². The van der Waals surface area contributed by atoms with Crippen molar-refractivity contribution in [2.75, 3.05) is 19.6 Å². The van der Waals surface area contributed by atoms with Crippen LogP contribution in [0.4, 0.5) is 0 Å². The average Bonchev–Trinajstić information content (AvgIpc) is 2.97. The summed E-state index contributed by atoms with van der Waals surface area (Å²) in [6.45, 7) is 7.35. The van der Waals surface area contributed by atoms with E-state index in [2.05, 4.69) is 34.4 Å².